The molecule has 2 amide bonds. The van der Waals surface area contributed by atoms with Gasteiger partial charge >= 0.3 is 6.03 Å². The monoisotopic (exact) mass is 296 g/mol. The van der Waals surface area contributed by atoms with Gasteiger partial charge < -0.3 is 10.2 Å². The molecule has 2 saturated heterocycles. The van der Waals surface area contributed by atoms with Crippen molar-refractivity contribution in [1.82, 2.24) is 20.0 Å². The SMILES string of the molecule is CC(C)(C)N1CCN(C(=O)NC2CN(C(C)(C)C)C2)CC1. The zero-order valence-corrected chi connectivity index (χ0v) is 14.6. The van der Waals surface area contributed by atoms with Gasteiger partial charge in [-0.3, -0.25) is 9.80 Å². The number of hydrogen-bond donors (Lipinski definition) is 1. The van der Waals surface area contributed by atoms with Crippen LogP contribution in [0.1, 0.15) is 41.5 Å². The predicted octanol–water partition coefficient (Wildman–Crippen LogP) is 1.59. The van der Waals surface area contributed by atoms with E-state index in [1.807, 2.05) is 4.90 Å². The van der Waals surface area contributed by atoms with Gasteiger partial charge in [-0.15, -0.1) is 0 Å². The minimum absolute atomic E-state index is 0.113. The van der Waals surface area contributed by atoms with E-state index >= 15 is 0 Å². The van der Waals surface area contributed by atoms with E-state index in [0.717, 1.165) is 39.3 Å². The van der Waals surface area contributed by atoms with Crippen LogP contribution in [0.5, 0.6) is 0 Å². The molecule has 0 spiro atoms. The lowest BCUT2D eigenvalue weighted by molar-refractivity contribution is 0.0327. The molecule has 2 heterocycles. The molecule has 122 valence electrons. The van der Waals surface area contributed by atoms with Gasteiger partial charge in [0.1, 0.15) is 0 Å². The second-order valence-electron chi connectivity index (χ2n) is 8.37. The number of carbonyl (C=O) groups excluding carboxylic acids is 1. The molecule has 2 aliphatic heterocycles. The number of nitrogens with zero attached hydrogens (tertiary/aromatic N) is 3. The van der Waals surface area contributed by atoms with Gasteiger partial charge in [0.2, 0.25) is 0 Å². The largest absolute Gasteiger partial charge is 0.333 e. The number of likely N-dealkylation sites (tertiary alicyclic amines) is 1. The molecule has 2 fully saturated rings. The molecule has 2 rings (SSSR count). The van der Waals surface area contributed by atoms with E-state index in [2.05, 4.69) is 56.7 Å². The van der Waals surface area contributed by atoms with Crippen LogP contribution < -0.4 is 5.32 Å². The third kappa shape index (κ3) is 4.10. The van der Waals surface area contributed by atoms with Crippen molar-refractivity contribution in [2.75, 3.05) is 39.3 Å². The average molecular weight is 296 g/mol. The van der Waals surface area contributed by atoms with Crippen molar-refractivity contribution in [2.24, 2.45) is 0 Å². The molecule has 0 unspecified atom stereocenters. The molecule has 0 bridgehead atoms. The summed E-state index contributed by atoms with van der Waals surface area (Å²) < 4.78 is 0. The van der Waals surface area contributed by atoms with Crippen molar-refractivity contribution in [3.63, 3.8) is 0 Å². The molecule has 0 saturated carbocycles. The van der Waals surface area contributed by atoms with Gasteiger partial charge in [-0.2, -0.15) is 0 Å². The first-order chi connectivity index (χ1) is 9.57. The fourth-order valence-corrected chi connectivity index (χ4v) is 2.96. The first-order valence-electron chi connectivity index (χ1n) is 8.13. The fraction of sp³-hybridized carbons (Fsp3) is 0.938. The van der Waals surface area contributed by atoms with Crippen molar-refractivity contribution in [3.05, 3.63) is 0 Å². The number of urea groups is 1. The fourth-order valence-electron chi connectivity index (χ4n) is 2.96. The summed E-state index contributed by atoms with van der Waals surface area (Å²) in [6.07, 6.45) is 0. The molecule has 21 heavy (non-hydrogen) atoms. The summed E-state index contributed by atoms with van der Waals surface area (Å²) in [5.74, 6) is 0. The predicted molar refractivity (Wildman–Crippen MR) is 86.5 cm³/mol. The number of piperazine rings is 1. The lowest BCUT2D eigenvalue weighted by Gasteiger charge is -2.48. The lowest BCUT2D eigenvalue weighted by atomic mass is 9.98. The highest BCUT2D eigenvalue weighted by Crippen LogP contribution is 2.21. The molecular formula is C16H32N4O. The smallest absolute Gasteiger partial charge is 0.317 e. The van der Waals surface area contributed by atoms with Crippen LogP contribution in [0.25, 0.3) is 0 Å². The molecular weight excluding hydrogens is 264 g/mol. The summed E-state index contributed by atoms with van der Waals surface area (Å²) in [7, 11) is 0. The second-order valence-corrected chi connectivity index (χ2v) is 8.37. The van der Waals surface area contributed by atoms with Gasteiger partial charge in [0.05, 0.1) is 6.04 Å². The number of rotatable bonds is 1. The highest BCUT2D eigenvalue weighted by molar-refractivity contribution is 5.74. The minimum atomic E-state index is 0.113. The minimum Gasteiger partial charge on any atom is -0.333 e. The van der Waals surface area contributed by atoms with E-state index in [9.17, 15) is 4.79 Å². The molecule has 2 aliphatic rings. The normalized spacial score (nSPS) is 23.0. The van der Waals surface area contributed by atoms with Gasteiger partial charge in [-0.1, -0.05) is 0 Å². The zero-order valence-electron chi connectivity index (χ0n) is 14.6. The van der Waals surface area contributed by atoms with Crippen LogP contribution in [-0.2, 0) is 0 Å². The topological polar surface area (TPSA) is 38.8 Å². The van der Waals surface area contributed by atoms with Gasteiger partial charge in [-0.25, -0.2) is 4.79 Å². The molecule has 0 aromatic heterocycles. The first-order valence-corrected chi connectivity index (χ1v) is 8.13. The molecule has 5 nitrogen and oxygen atoms in total. The average Bonchev–Trinajstić information content (AvgIpc) is 2.30. The standard InChI is InChI=1S/C16H32N4O/c1-15(2,3)19-9-7-18(8-10-19)14(21)17-13-11-20(12-13)16(4,5)6/h13H,7-12H2,1-6H3,(H,17,21). The van der Waals surface area contributed by atoms with E-state index in [4.69, 9.17) is 0 Å². The van der Waals surface area contributed by atoms with Crippen LogP contribution in [0.4, 0.5) is 4.79 Å². The van der Waals surface area contributed by atoms with E-state index in [1.165, 1.54) is 0 Å². The van der Waals surface area contributed by atoms with E-state index in [1.54, 1.807) is 0 Å². The molecule has 0 atom stereocenters. The number of amides is 2. The van der Waals surface area contributed by atoms with Gasteiger partial charge in [0.15, 0.2) is 0 Å². The van der Waals surface area contributed by atoms with Crippen LogP contribution in [0, 0.1) is 0 Å². The molecule has 0 aromatic rings. The van der Waals surface area contributed by atoms with Gasteiger partial charge in [0.25, 0.3) is 0 Å². The van der Waals surface area contributed by atoms with E-state index in [-0.39, 0.29) is 17.1 Å². The summed E-state index contributed by atoms with van der Waals surface area (Å²) in [6.45, 7) is 18.9. The molecule has 0 aromatic carbocycles. The maximum atomic E-state index is 12.3. The molecule has 0 radical (unpaired) electrons. The van der Waals surface area contributed by atoms with Crippen LogP contribution in [0.15, 0.2) is 0 Å². The van der Waals surface area contributed by atoms with E-state index in [0.29, 0.717) is 6.04 Å². The number of hydrogen-bond acceptors (Lipinski definition) is 3. The van der Waals surface area contributed by atoms with Gasteiger partial charge in [0, 0.05) is 50.3 Å². The zero-order chi connectivity index (χ0) is 15.8. The van der Waals surface area contributed by atoms with Crippen molar-refractivity contribution < 1.29 is 4.79 Å². The second kappa shape index (κ2) is 5.76. The Kier molecular flexibility index (Phi) is 4.54. The Balaban J connectivity index is 1.72. The van der Waals surface area contributed by atoms with Crippen LogP contribution in [0.3, 0.4) is 0 Å². The Labute approximate surface area is 129 Å². The lowest BCUT2D eigenvalue weighted by Crippen LogP contribution is -2.66. The van der Waals surface area contributed by atoms with Crippen molar-refractivity contribution >= 4 is 6.03 Å². The first kappa shape index (κ1) is 16.6. The Hall–Kier alpha value is -0.810. The quantitative estimate of drug-likeness (QED) is 0.799. The van der Waals surface area contributed by atoms with Gasteiger partial charge in [-0.05, 0) is 41.5 Å². The Bertz CT molecular complexity index is 369. The maximum absolute atomic E-state index is 12.3. The summed E-state index contributed by atoms with van der Waals surface area (Å²) in [6, 6.07) is 0.430. The summed E-state index contributed by atoms with van der Waals surface area (Å²) in [4.78, 5) is 19.1. The van der Waals surface area contributed by atoms with Crippen LogP contribution in [0.2, 0.25) is 0 Å². The van der Waals surface area contributed by atoms with E-state index < -0.39 is 0 Å². The molecule has 5 heteroatoms. The third-order valence-electron chi connectivity index (χ3n) is 4.67. The third-order valence-corrected chi connectivity index (χ3v) is 4.67. The highest BCUT2D eigenvalue weighted by atomic mass is 16.2. The summed E-state index contributed by atoms with van der Waals surface area (Å²) in [5.41, 5.74) is 0.406. The number of nitrogens with one attached hydrogen (secondary N) is 1. The van der Waals surface area contributed by atoms with Crippen molar-refractivity contribution in [3.8, 4) is 0 Å². The Morgan fingerprint density at radius 2 is 1.33 bits per heavy atom. The molecule has 0 aliphatic carbocycles. The maximum Gasteiger partial charge on any atom is 0.317 e. The summed E-state index contributed by atoms with van der Waals surface area (Å²) in [5, 5.41) is 3.17. The van der Waals surface area contributed by atoms with Crippen molar-refractivity contribution in [1.29, 1.82) is 0 Å². The number of carbonyl (C=O) groups is 1. The van der Waals surface area contributed by atoms with Crippen LogP contribution >= 0.6 is 0 Å². The highest BCUT2D eigenvalue weighted by Gasteiger charge is 2.36. The Morgan fingerprint density at radius 3 is 1.76 bits per heavy atom. The molecule has 1 N–H and O–H groups in total. The van der Waals surface area contributed by atoms with Crippen molar-refractivity contribution in [2.45, 2.75) is 58.7 Å². The van der Waals surface area contributed by atoms with Crippen LogP contribution in [-0.4, -0.2) is 77.1 Å². The Morgan fingerprint density at radius 1 is 0.857 bits per heavy atom. The summed E-state index contributed by atoms with van der Waals surface area (Å²) >= 11 is 0.